The minimum atomic E-state index is -1.39. The van der Waals surface area contributed by atoms with Crippen LogP contribution in [0.2, 0.25) is 18.1 Å². The summed E-state index contributed by atoms with van der Waals surface area (Å²) in [5.41, 5.74) is 2.34. The topological polar surface area (TPSA) is 52.6 Å². The molecule has 0 aromatic carbocycles. The molecule has 0 rings (SSSR count). The summed E-state index contributed by atoms with van der Waals surface area (Å²) in [6.07, 6.45) is 8.22. The molecule has 0 amide bonds. The molecule has 132 valence electrons. The molecule has 0 fully saturated rings. The average molecular weight is 341 g/mol. The highest BCUT2D eigenvalue weighted by Crippen LogP contribution is 2.36. The number of hydrogen-bond acceptors (Lipinski definition) is 4. The van der Waals surface area contributed by atoms with Gasteiger partial charge in [-0.15, -0.1) is 0 Å². The molecule has 0 aliphatic carbocycles. The summed E-state index contributed by atoms with van der Waals surface area (Å²) in [7, 11) is 1.18. The Labute approximate surface area is 141 Å². The van der Waals surface area contributed by atoms with Gasteiger partial charge in [-0.2, -0.15) is 0 Å². The summed E-state index contributed by atoms with van der Waals surface area (Å²) in [6, 6.07) is 0. The monoisotopic (exact) mass is 340 g/mol. The van der Waals surface area contributed by atoms with Crippen molar-refractivity contribution in [2.45, 2.75) is 58.2 Å². The fraction of sp³-hybridized carbons (Fsp3) is 0.667. The Morgan fingerprint density at radius 3 is 2.00 bits per heavy atom. The standard InChI is InChI=1S/C18H32O4Si/c1-18(2,3)23(6,7)14-12-10-8-9-11-13-15(16(19)21-4)17(20)22-5/h8,10,12,14-15H,9,11,13H2,1-7H3/b10-8+,14-12+. The number of methoxy groups -OCH3 is 2. The third-order valence-electron chi connectivity index (χ3n) is 4.53. The Morgan fingerprint density at radius 1 is 1.04 bits per heavy atom. The smallest absolute Gasteiger partial charge is 0.320 e. The van der Waals surface area contributed by atoms with Crippen molar-refractivity contribution in [1.82, 2.24) is 0 Å². The van der Waals surface area contributed by atoms with Crippen LogP contribution in [-0.4, -0.2) is 34.2 Å². The molecule has 0 aliphatic rings. The van der Waals surface area contributed by atoms with Crippen molar-refractivity contribution in [2.24, 2.45) is 5.92 Å². The molecule has 0 saturated heterocycles. The molecular formula is C18H32O4Si. The normalized spacial score (nSPS) is 13.0. The van der Waals surface area contributed by atoms with Gasteiger partial charge < -0.3 is 9.47 Å². The largest absolute Gasteiger partial charge is 0.468 e. The highest BCUT2D eigenvalue weighted by atomic mass is 28.3. The first kappa shape index (κ1) is 21.6. The first-order chi connectivity index (χ1) is 10.6. The molecule has 0 aromatic rings. The van der Waals surface area contributed by atoms with E-state index in [9.17, 15) is 9.59 Å². The van der Waals surface area contributed by atoms with Crippen LogP contribution in [0.3, 0.4) is 0 Å². The van der Waals surface area contributed by atoms with E-state index in [2.05, 4.69) is 61.2 Å². The molecule has 0 atom stereocenters. The lowest BCUT2D eigenvalue weighted by Crippen LogP contribution is -2.34. The van der Waals surface area contributed by atoms with Crippen LogP contribution < -0.4 is 0 Å². The van der Waals surface area contributed by atoms with Gasteiger partial charge >= 0.3 is 11.9 Å². The van der Waals surface area contributed by atoms with Crippen LogP contribution in [0.5, 0.6) is 0 Å². The number of carbonyl (C=O) groups is 2. The van der Waals surface area contributed by atoms with E-state index < -0.39 is 25.9 Å². The maximum absolute atomic E-state index is 11.5. The number of unbranched alkanes of at least 4 members (excludes halogenated alkanes) is 1. The Hall–Kier alpha value is -1.36. The van der Waals surface area contributed by atoms with Crippen LogP contribution in [0.1, 0.15) is 40.0 Å². The van der Waals surface area contributed by atoms with Crippen molar-refractivity contribution in [3.05, 3.63) is 23.9 Å². The molecule has 4 nitrogen and oxygen atoms in total. The molecule has 0 bridgehead atoms. The fourth-order valence-corrected chi connectivity index (χ4v) is 2.87. The van der Waals surface area contributed by atoms with Gasteiger partial charge in [-0.05, 0) is 24.3 Å². The molecule has 0 N–H and O–H groups in total. The van der Waals surface area contributed by atoms with Gasteiger partial charge in [-0.3, -0.25) is 9.59 Å². The Kier molecular flexibility index (Phi) is 9.13. The predicted molar refractivity (Wildman–Crippen MR) is 96.9 cm³/mol. The molecular weight excluding hydrogens is 308 g/mol. The highest BCUT2D eigenvalue weighted by molar-refractivity contribution is 6.84. The van der Waals surface area contributed by atoms with Crippen LogP contribution in [-0.2, 0) is 19.1 Å². The lowest BCUT2D eigenvalue weighted by Gasteiger charge is -2.34. The lowest BCUT2D eigenvalue weighted by molar-refractivity contribution is -0.159. The van der Waals surface area contributed by atoms with Crippen LogP contribution >= 0.6 is 0 Å². The van der Waals surface area contributed by atoms with E-state index in [-0.39, 0.29) is 0 Å². The van der Waals surface area contributed by atoms with Crippen LogP contribution in [0, 0.1) is 5.92 Å². The van der Waals surface area contributed by atoms with Gasteiger partial charge in [0.25, 0.3) is 0 Å². The van der Waals surface area contributed by atoms with E-state index in [1.54, 1.807) is 0 Å². The number of hydrogen-bond donors (Lipinski definition) is 0. The van der Waals surface area contributed by atoms with E-state index in [0.717, 1.165) is 12.8 Å². The van der Waals surface area contributed by atoms with Gasteiger partial charge in [0.15, 0.2) is 5.92 Å². The molecule has 23 heavy (non-hydrogen) atoms. The summed E-state index contributed by atoms with van der Waals surface area (Å²) in [5, 5.41) is 0.339. The van der Waals surface area contributed by atoms with E-state index in [1.807, 2.05) is 6.08 Å². The zero-order chi connectivity index (χ0) is 18.1. The molecule has 0 unspecified atom stereocenters. The van der Waals surface area contributed by atoms with Crippen LogP contribution in [0.25, 0.3) is 0 Å². The average Bonchev–Trinajstić information content (AvgIpc) is 2.47. The predicted octanol–water partition coefficient (Wildman–Crippen LogP) is 4.28. The maximum atomic E-state index is 11.5. The number of esters is 2. The second-order valence-corrected chi connectivity index (χ2v) is 12.6. The summed E-state index contributed by atoms with van der Waals surface area (Å²) in [6.45, 7) is 11.6. The van der Waals surface area contributed by atoms with Gasteiger partial charge in [0.2, 0.25) is 0 Å². The molecule has 0 aromatic heterocycles. The molecule has 0 spiro atoms. The van der Waals surface area contributed by atoms with Crippen molar-refractivity contribution in [1.29, 1.82) is 0 Å². The van der Waals surface area contributed by atoms with Crippen molar-refractivity contribution < 1.29 is 19.1 Å². The first-order valence-corrected chi connectivity index (χ1v) is 11.1. The number of carbonyl (C=O) groups excluding carboxylic acids is 2. The van der Waals surface area contributed by atoms with Crippen molar-refractivity contribution in [3.8, 4) is 0 Å². The summed E-state index contributed by atoms with van der Waals surface area (Å²) in [5.74, 6) is -1.88. The first-order valence-electron chi connectivity index (χ1n) is 8.07. The fourth-order valence-electron chi connectivity index (χ4n) is 1.78. The van der Waals surface area contributed by atoms with E-state index in [1.165, 1.54) is 14.2 Å². The Bertz CT molecular complexity index is 428. The quantitative estimate of drug-likeness (QED) is 0.218. The minimum absolute atomic E-state index is 0.339. The molecule has 0 radical (unpaired) electrons. The minimum Gasteiger partial charge on any atom is -0.468 e. The zero-order valence-electron chi connectivity index (χ0n) is 15.6. The second kappa shape index (κ2) is 9.70. The van der Waals surface area contributed by atoms with E-state index in [4.69, 9.17) is 0 Å². The summed E-state index contributed by atoms with van der Waals surface area (Å²) >= 11 is 0. The third kappa shape index (κ3) is 7.64. The van der Waals surface area contributed by atoms with Gasteiger partial charge in [0.05, 0.1) is 22.3 Å². The van der Waals surface area contributed by atoms with Crippen molar-refractivity contribution >= 4 is 20.0 Å². The zero-order valence-corrected chi connectivity index (χ0v) is 16.6. The number of ether oxygens (including phenoxy) is 2. The number of rotatable bonds is 8. The SMILES string of the molecule is COC(=O)C(CCC/C=C/C=C/[Si](C)(C)C(C)(C)C)C(=O)OC. The van der Waals surface area contributed by atoms with Crippen LogP contribution in [0.15, 0.2) is 23.9 Å². The Morgan fingerprint density at radius 2 is 1.57 bits per heavy atom. The summed E-state index contributed by atoms with van der Waals surface area (Å²) in [4.78, 5) is 23.1. The molecule has 5 heteroatoms. The molecule has 0 aliphatic heterocycles. The molecule has 0 heterocycles. The van der Waals surface area contributed by atoms with E-state index >= 15 is 0 Å². The Balaban J connectivity index is 4.34. The number of allylic oxidation sites excluding steroid dienone is 3. The van der Waals surface area contributed by atoms with Crippen molar-refractivity contribution in [2.75, 3.05) is 14.2 Å². The third-order valence-corrected chi connectivity index (χ3v) is 9.42. The maximum Gasteiger partial charge on any atom is 0.320 e. The van der Waals surface area contributed by atoms with E-state index in [0.29, 0.717) is 11.5 Å². The van der Waals surface area contributed by atoms with Gasteiger partial charge in [0.1, 0.15) is 0 Å². The van der Waals surface area contributed by atoms with Crippen LogP contribution in [0.4, 0.5) is 0 Å². The molecule has 0 saturated carbocycles. The second-order valence-electron chi connectivity index (χ2n) is 7.29. The lowest BCUT2D eigenvalue weighted by atomic mass is 10.0. The van der Waals surface area contributed by atoms with Gasteiger partial charge in [-0.1, -0.05) is 57.8 Å². The van der Waals surface area contributed by atoms with Crippen molar-refractivity contribution in [3.63, 3.8) is 0 Å². The highest BCUT2D eigenvalue weighted by Gasteiger charge is 2.32. The summed E-state index contributed by atoms with van der Waals surface area (Å²) < 4.78 is 9.27. The van der Waals surface area contributed by atoms with Gasteiger partial charge in [-0.25, -0.2) is 0 Å². The van der Waals surface area contributed by atoms with Gasteiger partial charge in [0, 0.05) is 0 Å².